The van der Waals surface area contributed by atoms with E-state index in [9.17, 15) is 5.26 Å². The molecule has 3 aromatic rings. The van der Waals surface area contributed by atoms with Crippen molar-refractivity contribution in [2.75, 3.05) is 7.05 Å². The van der Waals surface area contributed by atoms with Crippen LogP contribution in [0.25, 0.3) is 10.9 Å². The van der Waals surface area contributed by atoms with Crippen LogP contribution in [0.5, 0.6) is 0 Å². The maximum absolute atomic E-state index is 9.60. The van der Waals surface area contributed by atoms with Crippen molar-refractivity contribution in [2.24, 2.45) is 0 Å². The van der Waals surface area contributed by atoms with Crippen LogP contribution in [0.3, 0.4) is 0 Å². The van der Waals surface area contributed by atoms with Gasteiger partial charge in [-0.15, -0.1) is 0 Å². The van der Waals surface area contributed by atoms with Gasteiger partial charge in [-0.2, -0.15) is 5.26 Å². The van der Waals surface area contributed by atoms with E-state index in [1.54, 1.807) is 0 Å². The van der Waals surface area contributed by atoms with E-state index in [-0.39, 0.29) is 6.04 Å². The van der Waals surface area contributed by atoms with Gasteiger partial charge in [-0.25, -0.2) is 0 Å². The SMILES string of the molecule is CN(Cc1ccccc1)C(C#N)c1c[nH]c2ccccc12. The van der Waals surface area contributed by atoms with Crippen LogP contribution in [-0.2, 0) is 6.54 Å². The number of fused-ring (bicyclic) bond motifs is 1. The fourth-order valence-corrected chi connectivity index (χ4v) is 2.69. The maximum Gasteiger partial charge on any atom is 0.125 e. The molecule has 1 N–H and O–H groups in total. The third kappa shape index (κ3) is 2.67. The Balaban J connectivity index is 1.90. The summed E-state index contributed by atoms with van der Waals surface area (Å²) in [6.45, 7) is 0.749. The van der Waals surface area contributed by atoms with Crippen LogP contribution in [0.15, 0.2) is 60.8 Å². The predicted octanol–water partition coefficient (Wildman–Crippen LogP) is 3.86. The van der Waals surface area contributed by atoms with E-state index in [0.717, 1.165) is 23.0 Å². The molecule has 0 saturated carbocycles. The molecule has 1 unspecified atom stereocenters. The summed E-state index contributed by atoms with van der Waals surface area (Å²) in [7, 11) is 1.99. The van der Waals surface area contributed by atoms with Gasteiger partial charge in [0.05, 0.1) is 6.07 Å². The highest BCUT2D eigenvalue weighted by Gasteiger charge is 2.19. The molecule has 1 atom stereocenters. The van der Waals surface area contributed by atoms with Gasteiger partial charge < -0.3 is 4.98 Å². The van der Waals surface area contributed by atoms with Crippen LogP contribution in [-0.4, -0.2) is 16.9 Å². The van der Waals surface area contributed by atoms with E-state index < -0.39 is 0 Å². The molecule has 2 aromatic carbocycles. The second kappa shape index (κ2) is 5.82. The van der Waals surface area contributed by atoms with Crippen molar-refractivity contribution in [1.29, 1.82) is 5.26 Å². The maximum atomic E-state index is 9.60. The lowest BCUT2D eigenvalue weighted by Gasteiger charge is -2.22. The minimum Gasteiger partial charge on any atom is -0.361 e. The molecule has 0 spiro atoms. The normalized spacial score (nSPS) is 12.4. The first-order valence-corrected chi connectivity index (χ1v) is 6.99. The molecule has 104 valence electrons. The van der Waals surface area contributed by atoms with E-state index in [1.165, 1.54) is 5.56 Å². The van der Waals surface area contributed by atoms with Gasteiger partial charge in [0.15, 0.2) is 0 Å². The molecule has 0 fully saturated rings. The number of nitrogens with zero attached hydrogens (tertiary/aromatic N) is 2. The second-order valence-electron chi connectivity index (χ2n) is 5.22. The van der Waals surface area contributed by atoms with Crippen molar-refractivity contribution in [3.63, 3.8) is 0 Å². The van der Waals surface area contributed by atoms with Gasteiger partial charge in [0.1, 0.15) is 6.04 Å². The van der Waals surface area contributed by atoms with Crippen molar-refractivity contribution in [3.8, 4) is 6.07 Å². The average Bonchev–Trinajstić information content (AvgIpc) is 2.93. The molecule has 3 rings (SSSR count). The Kier molecular flexibility index (Phi) is 3.72. The van der Waals surface area contributed by atoms with E-state index in [0.29, 0.717) is 0 Å². The topological polar surface area (TPSA) is 42.8 Å². The fraction of sp³-hybridized carbons (Fsp3) is 0.167. The van der Waals surface area contributed by atoms with E-state index >= 15 is 0 Å². The number of H-pyrrole nitrogens is 1. The quantitative estimate of drug-likeness (QED) is 0.785. The molecule has 21 heavy (non-hydrogen) atoms. The first kappa shape index (κ1) is 13.4. The Bertz CT molecular complexity index is 768. The summed E-state index contributed by atoms with van der Waals surface area (Å²) in [4.78, 5) is 5.32. The molecule has 1 aromatic heterocycles. The Morgan fingerprint density at radius 1 is 1.10 bits per heavy atom. The van der Waals surface area contributed by atoms with Crippen LogP contribution in [0.2, 0.25) is 0 Å². The number of aromatic amines is 1. The molecule has 0 bridgehead atoms. The summed E-state index contributed by atoms with van der Waals surface area (Å²) in [5.41, 5.74) is 3.31. The molecule has 0 aliphatic rings. The van der Waals surface area contributed by atoms with Gasteiger partial charge in [0.2, 0.25) is 0 Å². The van der Waals surface area contributed by atoms with Crippen molar-refractivity contribution in [1.82, 2.24) is 9.88 Å². The largest absolute Gasteiger partial charge is 0.361 e. The third-order valence-electron chi connectivity index (χ3n) is 3.75. The first-order chi connectivity index (χ1) is 10.3. The number of aromatic nitrogens is 1. The molecule has 0 aliphatic heterocycles. The van der Waals surface area contributed by atoms with Crippen molar-refractivity contribution in [3.05, 3.63) is 71.9 Å². The molecule has 1 heterocycles. The van der Waals surface area contributed by atoms with Crippen molar-refractivity contribution in [2.45, 2.75) is 12.6 Å². The minimum absolute atomic E-state index is 0.263. The second-order valence-corrected chi connectivity index (χ2v) is 5.22. The van der Waals surface area contributed by atoms with Gasteiger partial charge in [-0.05, 0) is 18.7 Å². The van der Waals surface area contributed by atoms with Crippen LogP contribution in [0, 0.1) is 11.3 Å². The zero-order valence-corrected chi connectivity index (χ0v) is 12.0. The Labute approximate surface area is 124 Å². The van der Waals surface area contributed by atoms with Gasteiger partial charge in [-0.3, -0.25) is 4.90 Å². The van der Waals surface area contributed by atoms with E-state index in [1.807, 2.05) is 49.6 Å². The molecule has 0 radical (unpaired) electrons. The number of benzene rings is 2. The molecule has 0 aliphatic carbocycles. The van der Waals surface area contributed by atoms with Crippen LogP contribution >= 0.6 is 0 Å². The molecular weight excluding hydrogens is 258 g/mol. The summed E-state index contributed by atoms with van der Waals surface area (Å²) < 4.78 is 0. The zero-order valence-electron chi connectivity index (χ0n) is 12.0. The summed E-state index contributed by atoms with van der Waals surface area (Å²) >= 11 is 0. The van der Waals surface area contributed by atoms with E-state index in [4.69, 9.17) is 0 Å². The van der Waals surface area contributed by atoms with Crippen molar-refractivity contribution < 1.29 is 0 Å². The number of hydrogen-bond acceptors (Lipinski definition) is 2. The molecule has 3 heteroatoms. The van der Waals surface area contributed by atoms with Crippen molar-refractivity contribution >= 4 is 10.9 Å². The smallest absolute Gasteiger partial charge is 0.125 e. The number of rotatable bonds is 4. The van der Waals surface area contributed by atoms with Crippen LogP contribution in [0.1, 0.15) is 17.2 Å². The number of para-hydroxylation sites is 1. The molecule has 0 saturated heterocycles. The zero-order chi connectivity index (χ0) is 14.7. The van der Waals surface area contributed by atoms with Gasteiger partial charge in [0.25, 0.3) is 0 Å². The lowest BCUT2D eigenvalue weighted by Crippen LogP contribution is -2.22. The molecule has 3 nitrogen and oxygen atoms in total. The summed E-state index contributed by atoms with van der Waals surface area (Å²) in [6, 6.07) is 20.5. The Morgan fingerprint density at radius 2 is 1.81 bits per heavy atom. The molecule has 0 amide bonds. The highest BCUT2D eigenvalue weighted by molar-refractivity contribution is 5.83. The average molecular weight is 275 g/mol. The Hall–Kier alpha value is -2.57. The van der Waals surface area contributed by atoms with E-state index in [2.05, 4.69) is 34.2 Å². The number of hydrogen-bond donors (Lipinski definition) is 1. The number of nitriles is 1. The third-order valence-corrected chi connectivity index (χ3v) is 3.75. The minimum atomic E-state index is -0.263. The van der Waals surface area contributed by atoms with Gasteiger partial charge >= 0.3 is 0 Å². The van der Waals surface area contributed by atoms with Gasteiger partial charge in [0, 0.05) is 29.2 Å². The lowest BCUT2D eigenvalue weighted by molar-refractivity contribution is 0.284. The van der Waals surface area contributed by atoms with Gasteiger partial charge in [-0.1, -0.05) is 48.5 Å². The summed E-state index contributed by atoms with van der Waals surface area (Å²) in [5, 5.41) is 10.7. The first-order valence-electron chi connectivity index (χ1n) is 6.99. The summed E-state index contributed by atoms with van der Waals surface area (Å²) in [6.07, 6.45) is 1.94. The highest BCUT2D eigenvalue weighted by atomic mass is 15.1. The summed E-state index contributed by atoms with van der Waals surface area (Å²) in [5.74, 6) is 0. The monoisotopic (exact) mass is 275 g/mol. The highest BCUT2D eigenvalue weighted by Crippen LogP contribution is 2.27. The number of nitrogens with one attached hydrogen (secondary N) is 1. The van der Waals surface area contributed by atoms with Crippen LogP contribution in [0.4, 0.5) is 0 Å². The van der Waals surface area contributed by atoms with Crippen LogP contribution < -0.4 is 0 Å². The fourth-order valence-electron chi connectivity index (χ4n) is 2.69. The predicted molar refractivity (Wildman–Crippen MR) is 84.6 cm³/mol. The molecular formula is C18H17N3. The lowest BCUT2D eigenvalue weighted by atomic mass is 10.1. The standard InChI is InChI=1S/C18H17N3/c1-21(13-14-7-3-2-4-8-14)18(11-19)16-12-20-17-10-6-5-9-15(16)17/h2-10,12,18,20H,13H2,1H3. The Morgan fingerprint density at radius 3 is 2.57 bits per heavy atom.